The number of hydrogen-bond acceptors (Lipinski definition) is 4. The predicted octanol–water partition coefficient (Wildman–Crippen LogP) is 4.49. The molecule has 0 spiro atoms. The van der Waals surface area contributed by atoms with Crippen LogP contribution in [0, 0.1) is 32.1 Å². The minimum absolute atomic E-state index is 0.0780. The van der Waals surface area contributed by atoms with Crippen LogP contribution in [0.1, 0.15) is 46.9 Å². The van der Waals surface area contributed by atoms with Crippen LogP contribution in [-0.2, 0) is 17.6 Å². The Kier molecular flexibility index (Phi) is 5.33. The van der Waals surface area contributed by atoms with Crippen LogP contribution in [0.4, 0.5) is 5.69 Å². The molecular weight excluding hydrogens is 342 g/mol. The molecule has 4 nitrogen and oxygen atoms in total. The Morgan fingerprint density at radius 3 is 2.77 bits per heavy atom. The Hall–Kier alpha value is -2.32. The van der Waals surface area contributed by atoms with E-state index in [2.05, 4.69) is 11.4 Å². The average Bonchev–Trinajstić information content (AvgIpc) is 3.06. The number of anilines is 1. The van der Waals surface area contributed by atoms with Crippen molar-refractivity contribution in [2.24, 2.45) is 0 Å². The second-order valence-electron chi connectivity index (χ2n) is 6.88. The molecule has 1 aliphatic carbocycles. The van der Waals surface area contributed by atoms with E-state index in [-0.39, 0.29) is 11.2 Å². The van der Waals surface area contributed by atoms with Crippen LogP contribution in [0.25, 0.3) is 0 Å². The van der Waals surface area contributed by atoms with Gasteiger partial charge in [0.05, 0.1) is 10.8 Å². The average molecular weight is 366 g/mol. The lowest BCUT2D eigenvalue weighted by molar-refractivity contribution is -0.115. The number of carbonyl (C=O) groups is 1. The Morgan fingerprint density at radius 2 is 2.08 bits per heavy atom. The van der Waals surface area contributed by atoms with Crippen molar-refractivity contribution in [3.05, 3.63) is 51.7 Å². The van der Waals surface area contributed by atoms with E-state index < -0.39 is 0 Å². The zero-order valence-corrected chi connectivity index (χ0v) is 16.5. The number of hydrogen-bond donors (Lipinski definition) is 1. The van der Waals surface area contributed by atoms with Crippen molar-refractivity contribution in [1.29, 1.82) is 5.26 Å². The van der Waals surface area contributed by atoms with Crippen molar-refractivity contribution in [1.82, 2.24) is 4.98 Å². The number of nitrogens with zero attached hydrogens (tertiary/aromatic N) is 2. The number of nitriles is 1. The van der Waals surface area contributed by atoms with Gasteiger partial charge in [0.1, 0.15) is 11.1 Å². The fourth-order valence-corrected chi connectivity index (χ4v) is 4.35. The van der Waals surface area contributed by atoms with Gasteiger partial charge in [-0.3, -0.25) is 4.79 Å². The highest BCUT2D eigenvalue weighted by molar-refractivity contribution is 8.00. The van der Waals surface area contributed by atoms with Gasteiger partial charge < -0.3 is 5.32 Å². The lowest BCUT2D eigenvalue weighted by Crippen LogP contribution is -2.23. The minimum atomic E-state index is -0.339. The highest BCUT2D eigenvalue weighted by atomic mass is 32.2. The van der Waals surface area contributed by atoms with Gasteiger partial charge in [0, 0.05) is 11.4 Å². The Morgan fingerprint density at radius 1 is 1.31 bits per heavy atom. The Balaban J connectivity index is 1.79. The Labute approximate surface area is 159 Å². The third-order valence-electron chi connectivity index (χ3n) is 4.88. The highest BCUT2D eigenvalue weighted by Gasteiger charge is 2.24. The molecule has 134 valence electrons. The number of aromatic nitrogens is 1. The van der Waals surface area contributed by atoms with E-state index in [1.807, 2.05) is 45.9 Å². The maximum atomic E-state index is 12.6. The number of nitrogens with one attached hydrogen (secondary N) is 1. The topological polar surface area (TPSA) is 65.8 Å². The molecule has 1 unspecified atom stereocenters. The van der Waals surface area contributed by atoms with Crippen molar-refractivity contribution in [3.63, 3.8) is 0 Å². The Bertz CT molecular complexity index is 914. The number of amides is 1. The van der Waals surface area contributed by atoms with Gasteiger partial charge in [0.2, 0.25) is 5.91 Å². The van der Waals surface area contributed by atoms with Gasteiger partial charge in [-0.2, -0.15) is 5.26 Å². The van der Waals surface area contributed by atoms with Gasteiger partial charge in [-0.15, -0.1) is 0 Å². The number of carbonyl (C=O) groups excluding carboxylic acids is 1. The third kappa shape index (κ3) is 3.61. The first-order chi connectivity index (χ1) is 12.4. The van der Waals surface area contributed by atoms with Crippen molar-refractivity contribution in [2.45, 2.75) is 57.2 Å². The summed E-state index contributed by atoms with van der Waals surface area (Å²) in [6, 6.07) is 8.25. The molecule has 0 saturated heterocycles. The van der Waals surface area contributed by atoms with Gasteiger partial charge in [0.15, 0.2) is 0 Å². The summed E-state index contributed by atoms with van der Waals surface area (Å²) in [4.78, 5) is 17.3. The first kappa shape index (κ1) is 18.5. The molecule has 1 aromatic carbocycles. The summed E-state index contributed by atoms with van der Waals surface area (Å²) in [5, 5.41) is 12.9. The van der Waals surface area contributed by atoms with E-state index in [4.69, 9.17) is 4.98 Å². The van der Waals surface area contributed by atoms with Gasteiger partial charge in [-0.05, 0) is 69.7 Å². The highest BCUT2D eigenvalue weighted by Crippen LogP contribution is 2.33. The van der Waals surface area contributed by atoms with Crippen LogP contribution in [-0.4, -0.2) is 16.1 Å². The maximum Gasteiger partial charge on any atom is 0.237 e. The van der Waals surface area contributed by atoms with E-state index in [9.17, 15) is 10.1 Å². The summed E-state index contributed by atoms with van der Waals surface area (Å²) < 4.78 is 0. The fraction of sp³-hybridized carbons (Fsp3) is 0.381. The number of aryl methyl sites for hydroxylation is 3. The molecular formula is C21H23N3OS. The first-order valence-electron chi connectivity index (χ1n) is 8.88. The molecule has 0 radical (unpaired) electrons. The molecule has 1 amide bonds. The summed E-state index contributed by atoms with van der Waals surface area (Å²) in [6.45, 7) is 7.87. The number of benzene rings is 1. The summed E-state index contributed by atoms with van der Waals surface area (Å²) in [5.74, 6) is -0.0780. The van der Waals surface area contributed by atoms with E-state index >= 15 is 0 Å². The van der Waals surface area contributed by atoms with Crippen molar-refractivity contribution >= 4 is 23.4 Å². The largest absolute Gasteiger partial charge is 0.325 e. The molecule has 5 heteroatoms. The molecule has 26 heavy (non-hydrogen) atoms. The molecule has 1 N–H and O–H groups in total. The molecule has 0 bridgehead atoms. The molecule has 0 aliphatic heterocycles. The van der Waals surface area contributed by atoms with E-state index in [1.54, 1.807) is 0 Å². The quantitative estimate of drug-likeness (QED) is 0.811. The zero-order chi connectivity index (χ0) is 18.8. The van der Waals surface area contributed by atoms with Gasteiger partial charge in [-0.1, -0.05) is 29.5 Å². The molecule has 1 heterocycles. The minimum Gasteiger partial charge on any atom is -0.325 e. The monoisotopic (exact) mass is 365 g/mol. The van der Waals surface area contributed by atoms with Gasteiger partial charge in [-0.25, -0.2) is 4.98 Å². The SMILES string of the molecule is Cc1ccc(NC(=O)C(C)Sc2nc3c(c(C)c2C#N)CCC3)c(C)c1. The van der Waals surface area contributed by atoms with Gasteiger partial charge in [0.25, 0.3) is 0 Å². The van der Waals surface area contributed by atoms with Crippen LogP contribution in [0.2, 0.25) is 0 Å². The molecule has 3 rings (SSSR count). The van der Waals surface area contributed by atoms with E-state index in [1.165, 1.54) is 22.9 Å². The maximum absolute atomic E-state index is 12.6. The first-order valence-corrected chi connectivity index (χ1v) is 9.76. The van der Waals surface area contributed by atoms with Crippen molar-refractivity contribution in [3.8, 4) is 6.07 Å². The summed E-state index contributed by atoms with van der Waals surface area (Å²) in [6.07, 6.45) is 3.04. The summed E-state index contributed by atoms with van der Waals surface area (Å²) in [5.41, 5.74) is 6.98. The normalized spacial score (nSPS) is 13.8. The van der Waals surface area contributed by atoms with Crippen LogP contribution in [0.3, 0.4) is 0 Å². The van der Waals surface area contributed by atoms with Crippen LogP contribution in [0.15, 0.2) is 23.2 Å². The lowest BCUT2D eigenvalue weighted by Gasteiger charge is -2.16. The number of thioether (sulfide) groups is 1. The molecule has 0 saturated carbocycles. The van der Waals surface area contributed by atoms with Crippen molar-refractivity contribution < 1.29 is 4.79 Å². The fourth-order valence-electron chi connectivity index (χ4n) is 3.37. The molecule has 1 aromatic heterocycles. The van der Waals surface area contributed by atoms with E-state index in [0.717, 1.165) is 41.8 Å². The van der Waals surface area contributed by atoms with E-state index in [0.29, 0.717) is 10.6 Å². The number of pyridine rings is 1. The number of rotatable bonds is 4. The second-order valence-corrected chi connectivity index (χ2v) is 8.20. The van der Waals surface area contributed by atoms with Gasteiger partial charge >= 0.3 is 0 Å². The molecule has 1 aliphatic rings. The predicted molar refractivity (Wildman–Crippen MR) is 106 cm³/mol. The smallest absolute Gasteiger partial charge is 0.237 e. The summed E-state index contributed by atoms with van der Waals surface area (Å²) in [7, 11) is 0. The van der Waals surface area contributed by atoms with Crippen molar-refractivity contribution in [2.75, 3.05) is 5.32 Å². The molecule has 2 aromatic rings. The second kappa shape index (κ2) is 7.51. The molecule has 0 fully saturated rings. The standard InChI is InChI=1S/C21H23N3OS/c1-12-8-9-18(13(2)10-12)23-20(25)15(4)26-21-17(11-22)14(3)16-6-5-7-19(16)24-21/h8-10,15H,5-7H2,1-4H3,(H,23,25). The zero-order valence-electron chi connectivity index (χ0n) is 15.6. The van der Waals surface area contributed by atoms with Crippen LogP contribution < -0.4 is 5.32 Å². The number of fused-ring (bicyclic) bond motifs is 1. The lowest BCUT2D eigenvalue weighted by atomic mass is 10.0. The van der Waals surface area contributed by atoms with Crippen LogP contribution in [0.5, 0.6) is 0 Å². The molecule has 1 atom stereocenters. The van der Waals surface area contributed by atoms with Crippen LogP contribution >= 0.6 is 11.8 Å². The third-order valence-corrected chi connectivity index (χ3v) is 5.96. The summed E-state index contributed by atoms with van der Waals surface area (Å²) >= 11 is 1.37.